The minimum absolute atomic E-state index is 0.163. The van der Waals surface area contributed by atoms with E-state index in [2.05, 4.69) is 5.32 Å². The van der Waals surface area contributed by atoms with Gasteiger partial charge in [-0.25, -0.2) is 8.78 Å². The van der Waals surface area contributed by atoms with E-state index in [1.54, 1.807) is 0 Å². The van der Waals surface area contributed by atoms with E-state index in [0.29, 0.717) is 18.9 Å². The van der Waals surface area contributed by atoms with Crippen molar-refractivity contribution < 1.29 is 23.5 Å². The lowest BCUT2D eigenvalue weighted by atomic mass is 10.1. The Morgan fingerprint density at radius 1 is 1.26 bits per heavy atom. The van der Waals surface area contributed by atoms with Crippen LogP contribution < -0.4 is 5.32 Å². The molecule has 2 N–H and O–H groups in total. The van der Waals surface area contributed by atoms with Gasteiger partial charge in [-0.15, -0.1) is 0 Å². The van der Waals surface area contributed by atoms with Crippen LogP contribution >= 0.6 is 0 Å². The molecule has 1 amide bonds. The largest absolute Gasteiger partial charge is 0.481 e. The molecular formula is C13H15F2NO3. The highest BCUT2D eigenvalue weighted by Crippen LogP contribution is 2.09. The fraction of sp³-hybridized carbons (Fsp3) is 0.385. The van der Waals surface area contributed by atoms with Gasteiger partial charge in [0.15, 0.2) is 0 Å². The van der Waals surface area contributed by atoms with E-state index in [1.165, 1.54) is 0 Å². The molecule has 0 heterocycles. The Morgan fingerprint density at radius 3 is 2.32 bits per heavy atom. The lowest BCUT2D eigenvalue weighted by Crippen LogP contribution is -2.36. The Balaban J connectivity index is 2.77. The molecule has 19 heavy (non-hydrogen) atoms. The first kappa shape index (κ1) is 15.1. The average molecular weight is 271 g/mol. The van der Waals surface area contributed by atoms with Gasteiger partial charge in [0, 0.05) is 17.7 Å². The van der Waals surface area contributed by atoms with Crippen LogP contribution in [0.25, 0.3) is 0 Å². The van der Waals surface area contributed by atoms with E-state index in [0.717, 1.165) is 12.1 Å². The number of nitrogens with one attached hydrogen (secondary N) is 1. The number of carbonyl (C=O) groups is 2. The van der Waals surface area contributed by atoms with Crippen LogP contribution in [0.1, 0.15) is 36.5 Å². The SMILES string of the molecule is CCCC(CC(=O)O)NC(=O)c1cc(F)cc(F)c1. The van der Waals surface area contributed by atoms with Crippen molar-refractivity contribution in [3.8, 4) is 0 Å². The predicted octanol–water partition coefficient (Wildman–Crippen LogP) is 2.34. The van der Waals surface area contributed by atoms with Crippen molar-refractivity contribution in [1.82, 2.24) is 5.32 Å². The molecule has 6 heteroatoms. The highest BCUT2D eigenvalue weighted by atomic mass is 19.1. The lowest BCUT2D eigenvalue weighted by molar-refractivity contribution is -0.137. The van der Waals surface area contributed by atoms with Gasteiger partial charge in [-0.2, -0.15) is 0 Å². The quantitative estimate of drug-likeness (QED) is 0.834. The van der Waals surface area contributed by atoms with Crippen molar-refractivity contribution in [3.05, 3.63) is 35.4 Å². The average Bonchev–Trinajstić information content (AvgIpc) is 2.26. The third-order valence-corrected chi connectivity index (χ3v) is 2.52. The molecule has 1 unspecified atom stereocenters. The van der Waals surface area contributed by atoms with Crippen LogP contribution in [0.3, 0.4) is 0 Å². The van der Waals surface area contributed by atoms with Gasteiger partial charge in [-0.05, 0) is 18.6 Å². The number of aliphatic carboxylic acids is 1. The maximum atomic E-state index is 13.0. The van der Waals surface area contributed by atoms with Crippen LogP contribution in [0.15, 0.2) is 18.2 Å². The van der Waals surface area contributed by atoms with E-state index in [4.69, 9.17) is 5.11 Å². The Kier molecular flexibility index (Phi) is 5.41. The molecule has 0 aliphatic carbocycles. The normalized spacial score (nSPS) is 11.9. The van der Waals surface area contributed by atoms with Gasteiger partial charge < -0.3 is 10.4 Å². The maximum Gasteiger partial charge on any atom is 0.305 e. The Bertz CT molecular complexity index is 457. The monoisotopic (exact) mass is 271 g/mol. The highest BCUT2D eigenvalue weighted by Gasteiger charge is 2.17. The summed E-state index contributed by atoms with van der Waals surface area (Å²) in [7, 11) is 0. The minimum Gasteiger partial charge on any atom is -0.481 e. The molecule has 1 atom stereocenters. The van der Waals surface area contributed by atoms with E-state index in [-0.39, 0.29) is 12.0 Å². The second-order valence-corrected chi connectivity index (χ2v) is 4.22. The van der Waals surface area contributed by atoms with Gasteiger partial charge in [-0.3, -0.25) is 9.59 Å². The number of carboxylic acid groups (broad SMARTS) is 1. The van der Waals surface area contributed by atoms with Crippen molar-refractivity contribution in [3.63, 3.8) is 0 Å². The molecule has 0 aliphatic rings. The summed E-state index contributed by atoms with van der Waals surface area (Å²) in [5.41, 5.74) is -0.163. The van der Waals surface area contributed by atoms with Crippen molar-refractivity contribution in [1.29, 1.82) is 0 Å². The maximum absolute atomic E-state index is 13.0. The van der Waals surface area contributed by atoms with Crippen LogP contribution in [-0.2, 0) is 4.79 Å². The molecule has 0 aromatic heterocycles. The molecule has 0 saturated heterocycles. The van der Waals surface area contributed by atoms with Crippen LogP contribution in [0.4, 0.5) is 8.78 Å². The smallest absolute Gasteiger partial charge is 0.305 e. The zero-order chi connectivity index (χ0) is 14.4. The lowest BCUT2D eigenvalue weighted by Gasteiger charge is -2.16. The molecule has 1 aromatic rings. The number of hydrogen-bond donors (Lipinski definition) is 2. The molecule has 1 rings (SSSR count). The standard InChI is InChI=1S/C13H15F2NO3/c1-2-3-11(7-12(17)18)16-13(19)8-4-9(14)6-10(15)5-8/h4-6,11H,2-3,7H2,1H3,(H,16,19)(H,17,18). The summed E-state index contributed by atoms with van der Waals surface area (Å²) in [4.78, 5) is 22.4. The van der Waals surface area contributed by atoms with Gasteiger partial charge in [0.05, 0.1) is 6.42 Å². The van der Waals surface area contributed by atoms with Crippen molar-refractivity contribution in [2.45, 2.75) is 32.2 Å². The minimum atomic E-state index is -1.04. The molecule has 0 bridgehead atoms. The molecule has 0 fully saturated rings. The Morgan fingerprint density at radius 2 is 1.84 bits per heavy atom. The van der Waals surface area contributed by atoms with Gasteiger partial charge in [0.2, 0.25) is 0 Å². The van der Waals surface area contributed by atoms with Gasteiger partial charge in [0.1, 0.15) is 11.6 Å². The zero-order valence-corrected chi connectivity index (χ0v) is 10.5. The van der Waals surface area contributed by atoms with Crippen LogP contribution in [-0.4, -0.2) is 23.0 Å². The van der Waals surface area contributed by atoms with E-state index >= 15 is 0 Å². The van der Waals surface area contributed by atoms with E-state index in [9.17, 15) is 18.4 Å². The molecule has 0 saturated carbocycles. The first-order valence-electron chi connectivity index (χ1n) is 5.91. The Hall–Kier alpha value is -1.98. The fourth-order valence-corrected chi connectivity index (χ4v) is 1.74. The predicted molar refractivity (Wildman–Crippen MR) is 64.8 cm³/mol. The molecule has 104 valence electrons. The van der Waals surface area contributed by atoms with Crippen LogP contribution in [0.5, 0.6) is 0 Å². The van der Waals surface area contributed by atoms with Gasteiger partial charge in [0.25, 0.3) is 5.91 Å². The third kappa shape index (κ3) is 5.03. The molecule has 4 nitrogen and oxygen atoms in total. The summed E-state index contributed by atoms with van der Waals surface area (Å²) >= 11 is 0. The fourth-order valence-electron chi connectivity index (χ4n) is 1.74. The van der Waals surface area contributed by atoms with Gasteiger partial charge in [-0.1, -0.05) is 13.3 Å². The first-order valence-corrected chi connectivity index (χ1v) is 5.91. The number of halogens is 2. The number of hydrogen-bond acceptors (Lipinski definition) is 2. The number of rotatable bonds is 6. The topological polar surface area (TPSA) is 66.4 Å². The molecule has 0 radical (unpaired) electrons. The van der Waals surface area contributed by atoms with E-state index < -0.39 is 29.6 Å². The number of amides is 1. The number of carbonyl (C=O) groups excluding carboxylic acids is 1. The first-order chi connectivity index (χ1) is 8.92. The second-order valence-electron chi connectivity index (χ2n) is 4.22. The number of carboxylic acids is 1. The zero-order valence-electron chi connectivity index (χ0n) is 10.5. The number of benzene rings is 1. The summed E-state index contributed by atoms with van der Waals surface area (Å²) < 4.78 is 25.9. The van der Waals surface area contributed by atoms with E-state index in [1.807, 2.05) is 6.92 Å². The molecular weight excluding hydrogens is 256 g/mol. The third-order valence-electron chi connectivity index (χ3n) is 2.52. The molecule has 0 spiro atoms. The highest BCUT2D eigenvalue weighted by molar-refractivity contribution is 5.94. The summed E-state index contributed by atoms with van der Waals surface area (Å²) in [6.07, 6.45) is 0.947. The van der Waals surface area contributed by atoms with Crippen molar-refractivity contribution in [2.24, 2.45) is 0 Å². The summed E-state index contributed by atoms with van der Waals surface area (Å²) in [5, 5.41) is 11.2. The molecule has 1 aromatic carbocycles. The van der Waals surface area contributed by atoms with Crippen molar-refractivity contribution >= 4 is 11.9 Å². The van der Waals surface area contributed by atoms with Crippen LogP contribution in [0, 0.1) is 11.6 Å². The summed E-state index contributed by atoms with van der Waals surface area (Å²) in [6, 6.07) is 1.92. The Labute approximate surface area is 109 Å². The second kappa shape index (κ2) is 6.82. The summed E-state index contributed by atoms with van der Waals surface area (Å²) in [6.45, 7) is 1.85. The van der Waals surface area contributed by atoms with Crippen LogP contribution in [0.2, 0.25) is 0 Å². The van der Waals surface area contributed by atoms with Gasteiger partial charge >= 0.3 is 5.97 Å². The summed E-state index contributed by atoms with van der Waals surface area (Å²) in [5.74, 6) is -3.42. The molecule has 0 aliphatic heterocycles. The van der Waals surface area contributed by atoms with Crippen molar-refractivity contribution in [2.75, 3.05) is 0 Å².